The van der Waals surface area contributed by atoms with Crippen LogP contribution in [0.1, 0.15) is 15.9 Å². The molecule has 0 unspecified atom stereocenters. The largest absolute Gasteiger partial charge is 0.322 e. The molecule has 0 spiro atoms. The van der Waals surface area contributed by atoms with Crippen LogP contribution in [-0.2, 0) is 0 Å². The minimum absolute atomic E-state index is 0.0471. The predicted octanol–water partition coefficient (Wildman–Crippen LogP) is 4.26. The maximum absolute atomic E-state index is 12.3. The molecule has 0 bridgehead atoms. The highest BCUT2D eigenvalue weighted by Gasteiger charge is 2.12. The standard InChI is InChI=1S/C19H15ClN2O2/c1-12-5-7-13(8-6-12)17-10-9-16(19(24)22-17)18(23)21-15-4-2-3-14(20)11-15/h2-11H,1H3,(H,21,23)(H,22,24). The fourth-order valence-electron chi connectivity index (χ4n) is 2.32. The van der Waals surface area contributed by atoms with Gasteiger partial charge in [0.1, 0.15) is 5.56 Å². The molecule has 1 heterocycles. The van der Waals surface area contributed by atoms with Gasteiger partial charge in [-0.05, 0) is 42.8 Å². The Kier molecular flexibility index (Phi) is 4.49. The highest BCUT2D eigenvalue weighted by Crippen LogP contribution is 2.18. The Labute approximate surface area is 144 Å². The molecular formula is C19H15ClN2O2. The summed E-state index contributed by atoms with van der Waals surface area (Å²) >= 11 is 5.89. The first kappa shape index (κ1) is 16.0. The van der Waals surface area contributed by atoms with Crippen LogP contribution in [0.25, 0.3) is 11.3 Å². The van der Waals surface area contributed by atoms with Crippen molar-refractivity contribution >= 4 is 23.2 Å². The number of aromatic nitrogens is 1. The van der Waals surface area contributed by atoms with Crippen molar-refractivity contribution in [1.82, 2.24) is 4.98 Å². The first-order valence-electron chi connectivity index (χ1n) is 7.40. The molecule has 2 N–H and O–H groups in total. The summed E-state index contributed by atoms with van der Waals surface area (Å²) < 4.78 is 0. The zero-order valence-electron chi connectivity index (χ0n) is 13.0. The summed E-state index contributed by atoms with van der Waals surface area (Å²) in [5.74, 6) is -0.478. The third-order valence-electron chi connectivity index (χ3n) is 3.60. The van der Waals surface area contributed by atoms with E-state index in [1.807, 2.05) is 31.2 Å². The minimum Gasteiger partial charge on any atom is -0.322 e. The first-order valence-corrected chi connectivity index (χ1v) is 7.78. The number of pyridine rings is 1. The molecule has 3 rings (SSSR count). The number of halogens is 1. The van der Waals surface area contributed by atoms with Crippen LogP contribution in [0.3, 0.4) is 0 Å². The third-order valence-corrected chi connectivity index (χ3v) is 3.83. The molecule has 4 nitrogen and oxygen atoms in total. The van der Waals surface area contributed by atoms with Gasteiger partial charge in [-0.25, -0.2) is 0 Å². The van der Waals surface area contributed by atoms with E-state index in [1.165, 1.54) is 6.07 Å². The molecule has 0 fully saturated rings. The van der Waals surface area contributed by atoms with Gasteiger partial charge in [0, 0.05) is 16.4 Å². The Hall–Kier alpha value is -2.85. The Morgan fingerprint density at radius 1 is 1.04 bits per heavy atom. The van der Waals surface area contributed by atoms with Gasteiger partial charge in [0.25, 0.3) is 11.5 Å². The highest BCUT2D eigenvalue weighted by atomic mass is 35.5. The average Bonchev–Trinajstić information content (AvgIpc) is 2.55. The smallest absolute Gasteiger partial charge is 0.261 e. The van der Waals surface area contributed by atoms with Crippen molar-refractivity contribution in [2.75, 3.05) is 5.32 Å². The van der Waals surface area contributed by atoms with E-state index in [9.17, 15) is 9.59 Å². The van der Waals surface area contributed by atoms with Gasteiger partial charge < -0.3 is 10.3 Å². The van der Waals surface area contributed by atoms with Crippen LogP contribution >= 0.6 is 11.6 Å². The summed E-state index contributed by atoms with van der Waals surface area (Å²) in [4.78, 5) is 27.2. The second kappa shape index (κ2) is 6.72. The normalized spacial score (nSPS) is 10.4. The van der Waals surface area contributed by atoms with Crippen molar-refractivity contribution in [3.05, 3.63) is 87.2 Å². The monoisotopic (exact) mass is 338 g/mol. The number of rotatable bonds is 3. The Bertz CT molecular complexity index is 946. The van der Waals surface area contributed by atoms with Crippen LogP contribution in [0.5, 0.6) is 0 Å². The second-order valence-electron chi connectivity index (χ2n) is 5.45. The molecule has 3 aromatic rings. The van der Waals surface area contributed by atoms with E-state index in [0.717, 1.165) is 11.1 Å². The number of amides is 1. The quantitative estimate of drug-likeness (QED) is 0.749. The molecule has 1 amide bonds. The number of benzene rings is 2. The topological polar surface area (TPSA) is 62.0 Å². The van der Waals surface area contributed by atoms with E-state index in [0.29, 0.717) is 16.4 Å². The number of anilines is 1. The van der Waals surface area contributed by atoms with Crippen molar-refractivity contribution in [2.45, 2.75) is 6.92 Å². The van der Waals surface area contributed by atoms with Crippen molar-refractivity contribution in [1.29, 1.82) is 0 Å². The van der Waals surface area contributed by atoms with Gasteiger partial charge in [0.05, 0.1) is 0 Å². The lowest BCUT2D eigenvalue weighted by Crippen LogP contribution is -2.23. The number of H-pyrrole nitrogens is 1. The van der Waals surface area contributed by atoms with Gasteiger partial charge in [-0.2, -0.15) is 0 Å². The summed E-state index contributed by atoms with van der Waals surface area (Å²) in [6.07, 6.45) is 0. The lowest BCUT2D eigenvalue weighted by molar-refractivity contribution is 0.102. The number of carbonyl (C=O) groups is 1. The lowest BCUT2D eigenvalue weighted by Gasteiger charge is -2.07. The van der Waals surface area contributed by atoms with Crippen LogP contribution in [-0.4, -0.2) is 10.9 Å². The number of carbonyl (C=O) groups excluding carboxylic acids is 1. The summed E-state index contributed by atoms with van der Waals surface area (Å²) in [6, 6.07) is 17.8. The number of aryl methyl sites for hydroxylation is 1. The SMILES string of the molecule is Cc1ccc(-c2ccc(C(=O)Nc3cccc(Cl)c3)c(=O)[nH]2)cc1. The minimum atomic E-state index is -0.478. The fraction of sp³-hybridized carbons (Fsp3) is 0.0526. The highest BCUT2D eigenvalue weighted by molar-refractivity contribution is 6.30. The molecule has 0 aliphatic heterocycles. The van der Waals surface area contributed by atoms with Crippen molar-refractivity contribution < 1.29 is 4.79 Å². The second-order valence-corrected chi connectivity index (χ2v) is 5.88. The molecule has 5 heteroatoms. The van der Waals surface area contributed by atoms with E-state index in [2.05, 4.69) is 10.3 Å². The Morgan fingerprint density at radius 3 is 2.46 bits per heavy atom. The Balaban J connectivity index is 1.85. The molecule has 0 aliphatic carbocycles. The molecule has 0 saturated heterocycles. The van der Waals surface area contributed by atoms with Crippen molar-refractivity contribution in [3.8, 4) is 11.3 Å². The number of hydrogen-bond acceptors (Lipinski definition) is 2. The van der Waals surface area contributed by atoms with Crippen LogP contribution in [0.4, 0.5) is 5.69 Å². The van der Waals surface area contributed by atoms with Crippen LogP contribution < -0.4 is 10.9 Å². The number of aromatic amines is 1. The van der Waals surface area contributed by atoms with Gasteiger partial charge in [0.15, 0.2) is 0 Å². The van der Waals surface area contributed by atoms with E-state index in [1.54, 1.807) is 30.3 Å². The molecular weight excluding hydrogens is 324 g/mol. The number of hydrogen-bond donors (Lipinski definition) is 2. The first-order chi connectivity index (χ1) is 11.5. The average molecular weight is 339 g/mol. The van der Waals surface area contributed by atoms with E-state index < -0.39 is 11.5 Å². The molecule has 0 saturated carbocycles. The van der Waals surface area contributed by atoms with Gasteiger partial charge in [-0.3, -0.25) is 9.59 Å². The van der Waals surface area contributed by atoms with Crippen LogP contribution in [0.2, 0.25) is 5.02 Å². The van der Waals surface area contributed by atoms with Gasteiger partial charge in [-0.1, -0.05) is 47.5 Å². The maximum atomic E-state index is 12.3. The van der Waals surface area contributed by atoms with Crippen molar-refractivity contribution in [2.24, 2.45) is 0 Å². The fourth-order valence-corrected chi connectivity index (χ4v) is 2.51. The molecule has 0 atom stereocenters. The maximum Gasteiger partial charge on any atom is 0.261 e. The number of nitrogens with one attached hydrogen (secondary N) is 2. The Morgan fingerprint density at radius 2 is 1.79 bits per heavy atom. The lowest BCUT2D eigenvalue weighted by atomic mass is 10.1. The summed E-state index contributed by atoms with van der Waals surface area (Å²) in [5.41, 5.74) is 2.84. The van der Waals surface area contributed by atoms with Crippen LogP contribution in [0, 0.1) is 6.92 Å². The molecule has 1 aromatic heterocycles. The van der Waals surface area contributed by atoms with Gasteiger partial charge in [-0.15, -0.1) is 0 Å². The third kappa shape index (κ3) is 3.55. The molecule has 24 heavy (non-hydrogen) atoms. The van der Waals surface area contributed by atoms with Gasteiger partial charge >= 0.3 is 0 Å². The van der Waals surface area contributed by atoms with E-state index in [4.69, 9.17) is 11.6 Å². The predicted molar refractivity (Wildman–Crippen MR) is 96.6 cm³/mol. The molecule has 0 radical (unpaired) electrons. The molecule has 0 aliphatic rings. The van der Waals surface area contributed by atoms with E-state index >= 15 is 0 Å². The summed E-state index contributed by atoms with van der Waals surface area (Å²) in [5, 5.41) is 3.17. The van der Waals surface area contributed by atoms with Crippen molar-refractivity contribution in [3.63, 3.8) is 0 Å². The summed E-state index contributed by atoms with van der Waals surface area (Å²) in [7, 11) is 0. The molecule has 2 aromatic carbocycles. The molecule has 120 valence electrons. The van der Waals surface area contributed by atoms with Crippen LogP contribution in [0.15, 0.2) is 65.5 Å². The van der Waals surface area contributed by atoms with Gasteiger partial charge in [0.2, 0.25) is 0 Å². The zero-order chi connectivity index (χ0) is 17.1. The summed E-state index contributed by atoms with van der Waals surface area (Å²) in [6.45, 7) is 2.00. The zero-order valence-corrected chi connectivity index (χ0v) is 13.7. The van der Waals surface area contributed by atoms with E-state index in [-0.39, 0.29) is 5.56 Å².